The first-order valence-corrected chi connectivity index (χ1v) is 7.27. The largest absolute Gasteiger partial charge is 0.302 e. The molecule has 3 heterocycles. The number of likely N-dealkylation sites (N-methyl/N-ethyl adjacent to an activating group) is 1. The molecule has 0 saturated carbocycles. The minimum Gasteiger partial charge on any atom is -0.302 e. The number of nitrogens with zero attached hydrogens (tertiary/aromatic N) is 5. The second-order valence-electron chi connectivity index (χ2n) is 5.36. The number of aromatic nitrogens is 4. The first-order valence-electron chi connectivity index (χ1n) is 6.89. The molecular formula is C15H14ClN5. The highest BCUT2D eigenvalue weighted by molar-refractivity contribution is 6.31. The van der Waals surface area contributed by atoms with Gasteiger partial charge in [0.2, 0.25) is 0 Å². The highest BCUT2D eigenvalue weighted by Gasteiger charge is 2.17. The van der Waals surface area contributed by atoms with Crippen molar-refractivity contribution < 1.29 is 0 Å². The molecule has 3 aromatic rings. The van der Waals surface area contributed by atoms with Crippen molar-refractivity contribution in [3.05, 3.63) is 41.3 Å². The molecule has 0 N–H and O–H groups in total. The van der Waals surface area contributed by atoms with Crippen LogP contribution in [0.2, 0.25) is 5.02 Å². The maximum atomic E-state index is 6.09. The van der Waals surface area contributed by atoms with E-state index in [1.165, 1.54) is 5.57 Å². The molecule has 0 unspecified atom stereocenters. The van der Waals surface area contributed by atoms with Crippen molar-refractivity contribution in [2.24, 2.45) is 0 Å². The van der Waals surface area contributed by atoms with Crippen LogP contribution in [-0.4, -0.2) is 44.6 Å². The zero-order chi connectivity index (χ0) is 14.4. The average molecular weight is 300 g/mol. The first-order chi connectivity index (χ1) is 10.2. The normalized spacial score (nSPS) is 16.6. The fourth-order valence-corrected chi connectivity index (χ4v) is 2.89. The minimum atomic E-state index is 0.686. The highest BCUT2D eigenvalue weighted by Crippen LogP contribution is 2.27. The van der Waals surface area contributed by atoms with Gasteiger partial charge in [-0.3, -0.25) is 4.40 Å². The maximum Gasteiger partial charge on any atom is 0.187 e. The van der Waals surface area contributed by atoms with E-state index >= 15 is 0 Å². The summed E-state index contributed by atoms with van der Waals surface area (Å²) in [6.07, 6.45) is 4.92. The Morgan fingerprint density at radius 3 is 3.00 bits per heavy atom. The SMILES string of the molecule is CN1CC=C(c2nc3ccc(Cl)cc3n3cnnc23)CC1. The van der Waals surface area contributed by atoms with E-state index in [1.807, 2.05) is 22.6 Å². The summed E-state index contributed by atoms with van der Waals surface area (Å²) in [6, 6.07) is 5.70. The Balaban J connectivity index is 2.00. The molecule has 21 heavy (non-hydrogen) atoms. The van der Waals surface area contributed by atoms with Gasteiger partial charge in [0.05, 0.1) is 11.0 Å². The molecule has 0 amide bonds. The Morgan fingerprint density at radius 1 is 1.29 bits per heavy atom. The van der Waals surface area contributed by atoms with Gasteiger partial charge in [0.15, 0.2) is 5.65 Å². The maximum absolute atomic E-state index is 6.09. The van der Waals surface area contributed by atoms with Crippen LogP contribution >= 0.6 is 11.6 Å². The van der Waals surface area contributed by atoms with E-state index in [9.17, 15) is 0 Å². The predicted molar refractivity (Wildman–Crippen MR) is 83.4 cm³/mol. The van der Waals surface area contributed by atoms with Gasteiger partial charge in [0.1, 0.15) is 12.0 Å². The quantitative estimate of drug-likeness (QED) is 0.693. The Bertz CT molecular complexity index is 867. The second kappa shape index (κ2) is 4.79. The fraction of sp³-hybridized carbons (Fsp3) is 0.267. The third kappa shape index (κ3) is 2.09. The topological polar surface area (TPSA) is 46.3 Å². The minimum absolute atomic E-state index is 0.686. The molecular weight excluding hydrogens is 286 g/mol. The van der Waals surface area contributed by atoms with Gasteiger partial charge < -0.3 is 4.90 Å². The molecule has 0 saturated heterocycles. The van der Waals surface area contributed by atoms with Crippen molar-refractivity contribution in [3.8, 4) is 0 Å². The molecule has 6 heteroatoms. The predicted octanol–water partition coefficient (Wildman–Crippen LogP) is 2.65. The second-order valence-corrected chi connectivity index (χ2v) is 5.80. The molecule has 2 aromatic heterocycles. The van der Waals surface area contributed by atoms with Crippen molar-refractivity contribution in [3.63, 3.8) is 0 Å². The smallest absolute Gasteiger partial charge is 0.187 e. The van der Waals surface area contributed by atoms with Gasteiger partial charge in [-0.25, -0.2) is 4.98 Å². The third-order valence-electron chi connectivity index (χ3n) is 3.91. The van der Waals surface area contributed by atoms with Gasteiger partial charge in [0, 0.05) is 18.1 Å². The molecule has 0 bridgehead atoms. The summed E-state index contributed by atoms with van der Waals surface area (Å²) < 4.78 is 1.96. The highest BCUT2D eigenvalue weighted by atomic mass is 35.5. The van der Waals surface area contributed by atoms with Gasteiger partial charge in [0.25, 0.3) is 0 Å². The van der Waals surface area contributed by atoms with E-state index in [1.54, 1.807) is 6.33 Å². The lowest BCUT2D eigenvalue weighted by atomic mass is 10.0. The summed E-state index contributed by atoms with van der Waals surface area (Å²) >= 11 is 6.09. The Hall–Kier alpha value is -1.98. The molecule has 0 aliphatic carbocycles. The van der Waals surface area contributed by atoms with E-state index in [-0.39, 0.29) is 0 Å². The van der Waals surface area contributed by atoms with Crippen molar-refractivity contribution in [1.29, 1.82) is 0 Å². The monoisotopic (exact) mass is 299 g/mol. The van der Waals surface area contributed by atoms with Gasteiger partial charge in [-0.05, 0) is 37.2 Å². The van der Waals surface area contributed by atoms with Crippen molar-refractivity contribution in [2.75, 3.05) is 20.1 Å². The fourth-order valence-electron chi connectivity index (χ4n) is 2.73. The molecule has 4 rings (SSSR count). The van der Waals surface area contributed by atoms with Gasteiger partial charge >= 0.3 is 0 Å². The third-order valence-corrected chi connectivity index (χ3v) is 4.14. The van der Waals surface area contributed by atoms with Crippen molar-refractivity contribution in [2.45, 2.75) is 6.42 Å². The molecule has 1 aliphatic heterocycles. The standard InChI is InChI=1S/C15H14ClN5/c1-20-6-4-10(5-7-20)14-15-19-17-9-21(15)13-8-11(16)2-3-12(13)18-14/h2-4,8-9H,5-7H2,1H3. The summed E-state index contributed by atoms with van der Waals surface area (Å²) in [4.78, 5) is 7.08. The van der Waals surface area contributed by atoms with Crippen LogP contribution < -0.4 is 0 Å². The Morgan fingerprint density at radius 2 is 2.19 bits per heavy atom. The molecule has 5 nitrogen and oxygen atoms in total. The zero-order valence-electron chi connectivity index (χ0n) is 11.6. The van der Waals surface area contributed by atoms with Crippen molar-refractivity contribution in [1.82, 2.24) is 24.5 Å². The molecule has 0 spiro atoms. The molecule has 0 fully saturated rings. The molecule has 0 atom stereocenters. The van der Waals surface area contributed by atoms with Crippen LogP contribution in [0.15, 0.2) is 30.6 Å². The summed E-state index contributed by atoms with van der Waals surface area (Å²) in [5.74, 6) is 0. The number of rotatable bonds is 1. The number of hydrogen-bond acceptors (Lipinski definition) is 4. The van der Waals surface area contributed by atoms with E-state index in [0.717, 1.165) is 41.9 Å². The first kappa shape index (κ1) is 12.7. The van der Waals surface area contributed by atoms with E-state index < -0.39 is 0 Å². The molecule has 1 aromatic carbocycles. The average Bonchev–Trinajstić information content (AvgIpc) is 2.97. The van der Waals surface area contributed by atoms with E-state index in [0.29, 0.717) is 5.02 Å². The number of halogens is 1. The van der Waals surface area contributed by atoms with Crippen LogP contribution in [0.4, 0.5) is 0 Å². The Labute approximate surface area is 126 Å². The van der Waals surface area contributed by atoms with Crippen molar-refractivity contribution >= 4 is 33.9 Å². The van der Waals surface area contributed by atoms with E-state index in [4.69, 9.17) is 16.6 Å². The lowest BCUT2D eigenvalue weighted by Gasteiger charge is -2.21. The zero-order valence-corrected chi connectivity index (χ0v) is 12.4. The summed E-state index contributed by atoms with van der Waals surface area (Å²) in [5.41, 5.74) is 4.79. The lowest BCUT2D eigenvalue weighted by molar-refractivity contribution is 0.370. The van der Waals surface area contributed by atoms with Crippen LogP contribution in [-0.2, 0) is 0 Å². The van der Waals surface area contributed by atoms with E-state index in [2.05, 4.69) is 28.2 Å². The number of hydrogen-bond donors (Lipinski definition) is 0. The lowest BCUT2D eigenvalue weighted by Crippen LogP contribution is -2.24. The van der Waals surface area contributed by atoms with Gasteiger partial charge in [-0.15, -0.1) is 10.2 Å². The van der Waals surface area contributed by atoms with Gasteiger partial charge in [-0.1, -0.05) is 17.7 Å². The van der Waals surface area contributed by atoms with Crippen LogP contribution in [0.1, 0.15) is 12.1 Å². The van der Waals surface area contributed by atoms with Crippen LogP contribution in [0.3, 0.4) is 0 Å². The number of benzene rings is 1. The summed E-state index contributed by atoms with van der Waals surface area (Å²) in [5, 5.41) is 8.98. The Kier molecular flexibility index (Phi) is 2.90. The van der Waals surface area contributed by atoms with Crippen LogP contribution in [0.25, 0.3) is 22.3 Å². The summed E-state index contributed by atoms with van der Waals surface area (Å²) in [7, 11) is 2.12. The van der Waals surface area contributed by atoms with Gasteiger partial charge in [-0.2, -0.15) is 0 Å². The summed E-state index contributed by atoms with van der Waals surface area (Å²) in [6.45, 7) is 1.97. The molecule has 0 radical (unpaired) electrons. The number of fused-ring (bicyclic) bond motifs is 3. The van der Waals surface area contributed by atoms with Crippen LogP contribution in [0.5, 0.6) is 0 Å². The molecule has 1 aliphatic rings. The molecule has 106 valence electrons. The van der Waals surface area contributed by atoms with Crippen LogP contribution in [0, 0.1) is 0 Å².